The third kappa shape index (κ3) is 6.55. The van der Waals surface area contributed by atoms with Gasteiger partial charge in [0.05, 0.1) is 26.5 Å². The van der Waals surface area contributed by atoms with Gasteiger partial charge in [-0.1, -0.05) is 0 Å². The lowest BCUT2D eigenvalue weighted by atomic mass is 10.0. The SMILES string of the molecule is CC(=O)O.COc1cc(C(Nc2ccc(C(=N)N)cc2)c2nn(-c3[nH]ncc3C(=O)O)c(=O)[nH]2)c(F)c2c1OCCCO2. The Balaban J connectivity index is 0.000000996. The number of aromatic nitrogens is 5. The number of fused-ring (bicyclic) bond motifs is 1. The van der Waals surface area contributed by atoms with Gasteiger partial charge in [0, 0.05) is 30.2 Å². The van der Waals surface area contributed by atoms with Crippen LogP contribution in [0.25, 0.3) is 5.82 Å². The van der Waals surface area contributed by atoms with E-state index in [1.807, 2.05) is 0 Å². The van der Waals surface area contributed by atoms with Crippen LogP contribution < -0.4 is 31.0 Å². The minimum atomic E-state index is -1.32. The van der Waals surface area contributed by atoms with E-state index in [1.165, 1.54) is 13.2 Å². The first-order chi connectivity index (χ1) is 20.5. The third-order valence-electron chi connectivity index (χ3n) is 5.96. The largest absolute Gasteiger partial charge is 0.493 e. The number of nitrogens with two attached hydrogens (primary N) is 1. The topological polar surface area (TPSA) is 244 Å². The van der Waals surface area contributed by atoms with Crippen LogP contribution >= 0.6 is 0 Å². The van der Waals surface area contributed by atoms with Crippen LogP contribution in [0, 0.1) is 11.2 Å². The number of nitrogens with one attached hydrogen (secondary N) is 4. The van der Waals surface area contributed by atoms with Gasteiger partial charge in [-0.05, 0) is 30.3 Å². The molecular formula is C26H27FN8O8. The van der Waals surface area contributed by atoms with Crippen LogP contribution in [0.15, 0.2) is 41.3 Å². The Labute approximate surface area is 241 Å². The molecule has 8 N–H and O–H groups in total. The number of anilines is 1. The molecule has 0 bridgehead atoms. The molecule has 2 aromatic heterocycles. The van der Waals surface area contributed by atoms with Gasteiger partial charge in [-0.25, -0.2) is 14.0 Å². The quantitative estimate of drug-likeness (QED) is 0.113. The normalized spacial score (nSPS) is 12.7. The lowest BCUT2D eigenvalue weighted by Crippen LogP contribution is -2.18. The maximum atomic E-state index is 16.0. The number of ether oxygens (including phenoxy) is 3. The second kappa shape index (κ2) is 12.8. The number of aromatic amines is 2. The van der Waals surface area contributed by atoms with E-state index in [0.29, 0.717) is 24.3 Å². The molecule has 0 amide bonds. The highest BCUT2D eigenvalue weighted by molar-refractivity contribution is 5.95. The zero-order valence-corrected chi connectivity index (χ0v) is 22.8. The van der Waals surface area contributed by atoms with Gasteiger partial charge in [0.2, 0.25) is 11.5 Å². The summed E-state index contributed by atoms with van der Waals surface area (Å²) < 4.78 is 33.6. The molecule has 1 atom stereocenters. The first-order valence-corrected chi connectivity index (χ1v) is 12.5. The molecular weight excluding hydrogens is 571 g/mol. The first kappa shape index (κ1) is 30.1. The molecule has 1 aliphatic heterocycles. The third-order valence-corrected chi connectivity index (χ3v) is 5.96. The van der Waals surface area contributed by atoms with Crippen LogP contribution in [0.5, 0.6) is 17.2 Å². The molecule has 1 aliphatic rings. The predicted molar refractivity (Wildman–Crippen MR) is 148 cm³/mol. The highest BCUT2D eigenvalue weighted by atomic mass is 19.1. The molecule has 0 aliphatic carbocycles. The van der Waals surface area contributed by atoms with E-state index in [9.17, 15) is 14.7 Å². The summed E-state index contributed by atoms with van der Waals surface area (Å²) in [7, 11) is 1.40. The van der Waals surface area contributed by atoms with Crippen molar-refractivity contribution < 1.29 is 38.4 Å². The number of hydrogen-bond donors (Lipinski definition) is 7. The molecule has 0 radical (unpaired) electrons. The fraction of sp³-hybridized carbons (Fsp3) is 0.231. The van der Waals surface area contributed by atoms with E-state index in [-0.39, 0.29) is 52.5 Å². The number of hydrogen-bond acceptors (Lipinski definition) is 10. The van der Waals surface area contributed by atoms with Gasteiger partial charge in [0.15, 0.2) is 23.2 Å². The van der Waals surface area contributed by atoms with Crippen LogP contribution in [-0.4, -0.2) is 73.3 Å². The number of aromatic carboxylic acids is 1. The number of halogens is 1. The van der Waals surface area contributed by atoms with Gasteiger partial charge in [-0.3, -0.25) is 20.3 Å². The van der Waals surface area contributed by atoms with Crippen molar-refractivity contribution >= 4 is 23.5 Å². The van der Waals surface area contributed by atoms with E-state index in [0.717, 1.165) is 17.8 Å². The summed E-state index contributed by atoms with van der Waals surface area (Å²) in [6.45, 7) is 1.60. The Morgan fingerprint density at radius 3 is 2.47 bits per heavy atom. The summed E-state index contributed by atoms with van der Waals surface area (Å²) in [5.41, 5.74) is 5.40. The van der Waals surface area contributed by atoms with Gasteiger partial charge in [0.1, 0.15) is 17.4 Å². The Morgan fingerprint density at radius 1 is 1.21 bits per heavy atom. The summed E-state index contributed by atoms with van der Waals surface area (Å²) in [6.07, 6.45) is 1.57. The second-order valence-corrected chi connectivity index (χ2v) is 8.94. The molecule has 0 saturated heterocycles. The Kier molecular flexibility index (Phi) is 8.93. The van der Waals surface area contributed by atoms with Gasteiger partial charge in [-0.2, -0.15) is 9.78 Å². The summed E-state index contributed by atoms with van der Waals surface area (Å²) in [5.74, 6) is -3.14. The Hall–Kier alpha value is -5.87. The number of nitrogen functional groups attached to an aromatic ring is 1. The van der Waals surface area contributed by atoms with E-state index < -0.39 is 29.5 Å². The number of nitrogens with zero attached hydrogens (tertiary/aromatic N) is 3. The molecule has 2 aromatic carbocycles. The number of aliphatic carboxylic acids is 1. The standard InChI is InChI=1S/C24H23FN8O6.C2H4O2/c1-37-15-9-13(16(25)19-18(15)38-7-2-8-39-19)17(29-12-5-3-11(4-6-12)20(26)27)21-30-24(36)33(32-21)22-14(23(34)35)10-28-31-22;1-2(3)4/h3-6,9-10,17,29H,2,7-8H2,1H3,(H3,26,27)(H,28,31)(H,34,35)(H,30,32,36);1H3,(H,3,4). The van der Waals surface area contributed by atoms with Gasteiger partial charge < -0.3 is 35.5 Å². The highest BCUT2D eigenvalue weighted by Gasteiger charge is 2.31. The molecule has 43 heavy (non-hydrogen) atoms. The summed E-state index contributed by atoms with van der Waals surface area (Å²) >= 11 is 0. The lowest BCUT2D eigenvalue weighted by Gasteiger charge is -2.22. The maximum absolute atomic E-state index is 16.0. The fourth-order valence-corrected chi connectivity index (χ4v) is 4.07. The number of carboxylic acids is 2. The van der Waals surface area contributed by atoms with Crippen LogP contribution in [0.1, 0.15) is 46.7 Å². The monoisotopic (exact) mass is 598 g/mol. The smallest absolute Gasteiger partial charge is 0.349 e. The average Bonchev–Trinajstić information content (AvgIpc) is 3.51. The van der Waals surface area contributed by atoms with E-state index in [4.69, 9.17) is 35.3 Å². The van der Waals surface area contributed by atoms with Crippen LogP contribution in [0.4, 0.5) is 10.1 Å². The van der Waals surface area contributed by atoms with Crippen molar-refractivity contribution in [1.82, 2.24) is 25.0 Å². The highest BCUT2D eigenvalue weighted by Crippen LogP contribution is 2.45. The molecule has 17 heteroatoms. The number of methoxy groups -OCH3 is 1. The predicted octanol–water partition coefficient (Wildman–Crippen LogP) is 1.87. The minimum absolute atomic E-state index is 0.00397. The van der Waals surface area contributed by atoms with E-state index in [2.05, 4.69) is 25.6 Å². The molecule has 1 unspecified atom stereocenters. The van der Waals surface area contributed by atoms with E-state index >= 15 is 4.39 Å². The molecule has 16 nitrogen and oxygen atoms in total. The number of rotatable bonds is 8. The first-order valence-electron chi connectivity index (χ1n) is 12.5. The molecule has 0 spiro atoms. The zero-order valence-electron chi connectivity index (χ0n) is 22.8. The summed E-state index contributed by atoms with van der Waals surface area (Å²) in [6, 6.07) is 6.70. The van der Waals surface area contributed by atoms with Crippen molar-refractivity contribution in [1.29, 1.82) is 5.41 Å². The van der Waals surface area contributed by atoms with Crippen molar-refractivity contribution in [2.75, 3.05) is 25.6 Å². The van der Waals surface area contributed by atoms with Crippen molar-refractivity contribution in [3.63, 3.8) is 0 Å². The fourth-order valence-electron chi connectivity index (χ4n) is 4.07. The molecule has 226 valence electrons. The Morgan fingerprint density at radius 2 is 1.86 bits per heavy atom. The molecule has 4 aromatic rings. The van der Waals surface area contributed by atoms with Crippen molar-refractivity contribution in [2.24, 2.45) is 5.73 Å². The van der Waals surface area contributed by atoms with Crippen molar-refractivity contribution in [3.05, 3.63) is 75.3 Å². The summed E-state index contributed by atoms with van der Waals surface area (Å²) in [4.78, 5) is 36.0. The van der Waals surface area contributed by atoms with Gasteiger partial charge in [-0.15, -0.1) is 5.10 Å². The number of carboxylic acid groups (broad SMARTS) is 2. The minimum Gasteiger partial charge on any atom is -0.493 e. The van der Waals surface area contributed by atoms with Crippen LogP contribution in [0.2, 0.25) is 0 Å². The molecule has 0 fully saturated rings. The van der Waals surface area contributed by atoms with Gasteiger partial charge in [0.25, 0.3) is 5.97 Å². The number of carbonyl (C=O) groups is 2. The van der Waals surface area contributed by atoms with Crippen LogP contribution in [-0.2, 0) is 4.79 Å². The van der Waals surface area contributed by atoms with E-state index in [1.54, 1.807) is 24.3 Å². The second-order valence-electron chi connectivity index (χ2n) is 8.94. The molecule has 0 saturated carbocycles. The number of H-pyrrole nitrogens is 2. The molecule has 3 heterocycles. The molecule has 5 rings (SSSR count). The number of benzene rings is 2. The zero-order chi connectivity index (χ0) is 31.3. The Bertz CT molecular complexity index is 1710. The van der Waals surface area contributed by atoms with Gasteiger partial charge >= 0.3 is 11.7 Å². The van der Waals surface area contributed by atoms with Crippen molar-refractivity contribution in [3.8, 4) is 23.1 Å². The number of amidine groups is 1. The maximum Gasteiger partial charge on any atom is 0.349 e. The summed E-state index contributed by atoms with van der Waals surface area (Å²) in [5, 5.41) is 38.0. The lowest BCUT2D eigenvalue weighted by molar-refractivity contribution is -0.134. The van der Waals surface area contributed by atoms with Crippen LogP contribution in [0.3, 0.4) is 0 Å². The van der Waals surface area contributed by atoms with Crippen molar-refractivity contribution in [2.45, 2.75) is 19.4 Å². The average molecular weight is 599 g/mol.